The minimum absolute atomic E-state index is 0.460. The molecule has 0 N–H and O–H groups in total. The van der Waals surface area contributed by atoms with Crippen LogP contribution in [0, 0.1) is 0 Å². The zero-order chi connectivity index (χ0) is 15.6. The first-order valence-corrected chi connectivity index (χ1v) is 7.63. The van der Waals surface area contributed by atoms with E-state index in [-0.39, 0.29) is 0 Å². The summed E-state index contributed by atoms with van der Waals surface area (Å²) in [5.41, 5.74) is 5.30. The molecule has 1 aliphatic carbocycles. The van der Waals surface area contributed by atoms with Crippen LogP contribution in [0.5, 0.6) is 0 Å². The Morgan fingerprint density at radius 1 is 0.652 bits per heavy atom. The summed E-state index contributed by atoms with van der Waals surface area (Å²) in [4.78, 5) is 13.4. The lowest BCUT2D eigenvalue weighted by Gasteiger charge is -2.03. The summed E-state index contributed by atoms with van der Waals surface area (Å²) in [5.74, 6) is 0. The molecule has 0 amide bonds. The van der Waals surface area contributed by atoms with Crippen molar-refractivity contribution in [2.45, 2.75) is 0 Å². The maximum atomic E-state index is 6.43. The van der Waals surface area contributed by atoms with E-state index in [4.69, 9.17) is 11.6 Å². The molecule has 4 rings (SSSR count). The average molecular weight is 318 g/mol. The zero-order valence-electron chi connectivity index (χ0n) is 12.1. The highest BCUT2D eigenvalue weighted by Crippen LogP contribution is 2.41. The molecule has 1 aliphatic heterocycles. The summed E-state index contributed by atoms with van der Waals surface area (Å²) in [5, 5.41) is 0.460. The van der Waals surface area contributed by atoms with Gasteiger partial charge in [0.25, 0.3) is 0 Å². The van der Waals surface area contributed by atoms with E-state index in [1.54, 1.807) is 12.4 Å². The van der Waals surface area contributed by atoms with Gasteiger partial charge in [-0.3, -0.25) is 9.97 Å². The van der Waals surface area contributed by atoms with Crippen LogP contribution in [0.25, 0.3) is 33.8 Å². The molecule has 0 radical (unpaired) electrons. The number of nitrogens with zero attached hydrogens (tertiary/aromatic N) is 3. The van der Waals surface area contributed by atoms with Gasteiger partial charge in [-0.05, 0) is 24.3 Å². The Morgan fingerprint density at radius 2 is 1.26 bits per heavy atom. The fraction of sp³-hybridized carbons (Fsp3) is 0. The molecule has 0 spiro atoms. The summed E-state index contributed by atoms with van der Waals surface area (Å²) in [6.45, 7) is 0. The molecule has 23 heavy (non-hydrogen) atoms. The first kappa shape index (κ1) is 13.9. The van der Waals surface area contributed by atoms with Gasteiger partial charge < -0.3 is 0 Å². The van der Waals surface area contributed by atoms with Crippen LogP contribution in [0.4, 0.5) is 0 Å². The number of rotatable bonds is 2. The monoisotopic (exact) mass is 317 g/mol. The van der Waals surface area contributed by atoms with Crippen LogP contribution in [0.1, 0.15) is 0 Å². The number of halogens is 1. The van der Waals surface area contributed by atoms with Crippen LogP contribution in [-0.4, -0.2) is 15.0 Å². The summed E-state index contributed by atoms with van der Waals surface area (Å²) in [6.07, 6.45) is 3.53. The summed E-state index contributed by atoms with van der Waals surface area (Å²) < 4.78 is 0. The molecule has 0 saturated carbocycles. The number of hydrogen-bond donors (Lipinski definition) is 0. The van der Waals surface area contributed by atoms with Crippen molar-refractivity contribution in [1.82, 2.24) is 15.0 Å². The van der Waals surface area contributed by atoms with Gasteiger partial charge in [0, 0.05) is 29.1 Å². The van der Waals surface area contributed by atoms with Gasteiger partial charge >= 0.3 is 0 Å². The Balaban J connectivity index is 1.98. The summed E-state index contributed by atoms with van der Waals surface area (Å²) in [6, 6.07) is 19.6. The molecular formula is C19H12ClN3. The molecule has 3 heterocycles. The van der Waals surface area contributed by atoms with Crippen molar-refractivity contribution >= 4 is 11.6 Å². The predicted molar refractivity (Wildman–Crippen MR) is 92.3 cm³/mol. The largest absolute Gasteiger partial charge is 0.256 e. The van der Waals surface area contributed by atoms with E-state index in [1.807, 2.05) is 60.7 Å². The summed E-state index contributed by atoms with van der Waals surface area (Å²) >= 11 is 6.43. The third-order valence-corrected chi connectivity index (χ3v) is 3.97. The van der Waals surface area contributed by atoms with Gasteiger partial charge in [0.05, 0.1) is 17.1 Å². The van der Waals surface area contributed by atoms with Gasteiger partial charge in [0.2, 0.25) is 0 Å². The Morgan fingerprint density at radius 3 is 1.91 bits per heavy atom. The Labute approximate surface area is 139 Å². The smallest absolute Gasteiger partial charge is 0.139 e. The van der Waals surface area contributed by atoms with E-state index in [0.29, 0.717) is 5.15 Å². The molecule has 0 fully saturated rings. The maximum absolute atomic E-state index is 6.43. The normalized spacial score (nSPS) is 10.8. The fourth-order valence-corrected chi connectivity index (χ4v) is 2.96. The van der Waals surface area contributed by atoms with Crippen LogP contribution in [-0.2, 0) is 0 Å². The molecule has 0 aromatic carbocycles. The summed E-state index contributed by atoms with van der Waals surface area (Å²) in [7, 11) is 0. The van der Waals surface area contributed by atoms with Crippen LogP contribution in [0.3, 0.4) is 0 Å². The number of pyridine rings is 2. The lowest BCUT2D eigenvalue weighted by Crippen LogP contribution is -1.85. The fourth-order valence-electron chi connectivity index (χ4n) is 2.68. The van der Waals surface area contributed by atoms with Crippen LogP contribution >= 0.6 is 11.6 Å². The second-order valence-electron chi connectivity index (χ2n) is 5.10. The lowest BCUT2D eigenvalue weighted by atomic mass is 10.0. The van der Waals surface area contributed by atoms with Crippen molar-refractivity contribution < 1.29 is 0 Å². The van der Waals surface area contributed by atoms with Gasteiger partial charge in [0.1, 0.15) is 5.15 Å². The molecule has 0 atom stereocenters. The van der Waals surface area contributed by atoms with E-state index >= 15 is 0 Å². The van der Waals surface area contributed by atoms with E-state index in [0.717, 1.165) is 33.8 Å². The Kier molecular flexibility index (Phi) is 3.48. The molecule has 0 unspecified atom stereocenters. The van der Waals surface area contributed by atoms with Crippen molar-refractivity contribution in [3.05, 3.63) is 78.2 Å². The van der Waals surface area contributed by atoms with Gasteiger partial charge in [-0.15, -0.1) is 0 Å². The maximum Gasteiger partial charge on any atom is 0.139 e. The second kappa shape index (κ2) is 5.78. The quantitative estimate of drug-likeness (QED) is 0.524. The molecule has 3 nitrogen and oxygen atoms in total. The van der Waals surface area contributed by atoms with Gasteiger partial charge in [0.15, 0.2) is 0 Å². The van der Waals surface area contributed by atoms with Crippen LogP contribution < -0.4 is 0 Å². The standard InChI is InChI=1S/C19H12ClN3/c20-19-17(16-10-4-6-12-22-16)14-8-2-1-7-13(18(14)23-19)15-9-3-5-11-21-15/h1-12H. The first-order chi connectivity index (χ1) is 11.3. The highest BCUT2D eigenvalue weighted by Gasteiger charge is 2.21. The molecule has 110 valence electrons. The van der Waals surface area contributed by atoms with Crippen LogP contribution in [0.2, 0.25) is 5.15 Å². The Hall–Kier alpha value is -2.78. The van der Waals surface area contributed by atoms with E-state index in [9.17, 15) is 0 Å². The van der Waals surface area contributed by atoms with Crippen molar-refractivity contribution in [3.63, 3.8) is 0 Å². The number of hydrogen-bond acceptors (Lipinski definition) is 3. The molecule has 2 aromatic rings. The zero-order valence-corrected chi connectivity index (χ0v) is 12.9. The van der Waals surface area contributed by atoms with Gasteiger partial charge in [-0.1, -0.05) is 48.0 Å². The van der Waals surface area contributed by atoms with E-state index in [1.165, 1.54) is 0 Å². The van der Waals surface area contributed by atoms with E-state index < -0.39 is 0 Å². The molecule has 2 aromatic heterocycles. The highest BCUT2D eigenvalue weighted by molar-refractivity contribution is 6.33. The third-order valence-electron chi connectivity index (χ3n) is 3.69. The molecular weight excluding hydrogens is 306 g/mol. The minimum atomic E-state index is 0.460. The number of aromatic nitrogens is 3. The molecule has 0 bridgehead atoms. The highest BCUT2D eigenvalue weighted by atomic mass is 35.5. The SMILES string of the molecule is Clc1nc2c(-c3ccccn3)ccccc-2c1-c1ccccn1. The topological polar surface area (TPSA) is 38.7 Å². The molecule has 0 saturated heterocycles. The van der Waals surface area contributed by atoms with E-state index in [2.05, 4.69) is 15.0 Å². The lowest BCUT2D eigenvalue weighted by molar-refractivity contribution is 1.31. The van der Waals surface area contributed by atoms with Crippen molar-refractivity contribution in [1.29, 1.82) is 0 Å². The molecule has 4 heteroatoms. The first-order valence-electron chi connectivity index (χ1n) is 7.25. The van der Waals surface area contributed by atoms with Crippen LogP contribution in [0.15, 0.2) is 73.1 Å². The second-order valence-corrected chi connectivity index (χ2v) is 5.46. The Bertz CT molecular complexity index is 924. The number of fused-ring (bicyclic) bond motifs is 1. The van der Waals surface area contributed by atoms with Crippen molar-refractivity contribution in [2.75, 3.05) is 0 Å². The van der Waals surface area contributed by atoms with Crippen molar-refractivity contribution in [3.8, 4) is 33.8 Å². The average Bonchev–Trinajstić information content (AvgIpc) is 2.79. The third kappa shape index (κ3) is 2.45. The predicted octanol–water partition coefficient (Wildman–Crippen LogP) is 4.96. The minimum Gasteiger partial charge on any atom is -0.256 e. The molecule has 2 aliphatic rings. The van der Waals surface area contributed by atoms with Crippen molar-refractivity contribution in [2.24, 2.45) is 0 Å². The van der Waals surface area contributed by atoms with Gasteiger partial charge in [-0.2, -0.15) is 0 Å². The van der Waals surface area contributed by atoms with Gasteiger partial charge in [-0.25, -0.2) is 4.98 Å².